The molecule has 0 aliphatic carbocycles. The van der Waals surface area contributed by atoms with Gasteiger partial charge in [-0.3, -0.25) is 0 Å². The Kier molecular flexibility index (Phi) is 4.62. The van der Waals surface area contributed by atoms with Crippen LogP contribution in [0.25, 0.3) is 0 Å². The number of ether oxygens (including phenoxy) is 2. The molecule has 0 heterocycles. The molecule has 7 heteroatoms. The van der Waals surface area contributed by atoms with Gasteiger partial charge in [0, 0.05) is 15.7 Å². The second-order valence-corrected chi connectivity index (χ2v) is 4.92. The van der Waals surface area contributed by atoms with Gasteiger partial charge in [-0.25, -0.2) is 0 Å². The summed E-state index contributed by atoms with van der Waals surface area (Å²) in [6, 6.07) is 10.6. The summed E-state index contributed by atoms with van der Waals surface area (Å²) < 4.78 is 46.1. The van der Waals surface area contributed by atoms with E-state index in [0.717, 1.165) is 10.0 Å². The predicted octanol–water partition coefficient (Wildman–Crippen LogP) is 4.51. The average Bonchev–Trinajstić information content (AvgIpc) is 2.40. The maximum Gasteiger partial charge on any atom is 0.573 e. The van der Waals surface area contributed by atoms with Crippen LogP contribution in [0.1, 0.15) is 5.56 Å². The third-order valence-electron chi connectivity index (χ3n) is 2.56. The molecule has 0 bridgehead atoms. The number of hydrogen-bond acceptors (Lipinski definition) is 3. The van der Waals surface area contributed by atoms with E-state index in [0.29, 0.717) is 11.4 Å². The molecule has 112 valence electrons. The van der Waals surface area contributed by atoms with Crippen molar-refractivity contribution in [2.45, 2.75) is 13.0 Å². The van der Waals surface area contributed by atoms with E-state index < -0.39 is 6.36 Å². The Balaban J connectivity index is 1.99. The van der Waals surface area contributed by atoms with Gasteiger partial charge in [-0.1, -0.05) is 12.1 Å². The summed E-state index contributed by atoms with van der Waals surface area (Å²) in [5.74, 6) is 0.138. The zero-order valence-corrected chi connectivity index (χ0v) is 12.2. The number of nitrogen functional groups attached to an aromatic ring is 1. The lowest BCUT2D eigenvalue weighted by atomic mass is 10.2. The van der Waals surface area contributed by atoms with Gasteiger partial charge in [-0.2, -0.15) is 0 Å². The highest BCUT2D eigenvalue weighted by Gasteiger charge is 2.30. The van der Waals surface area contributed by atoms with Gasteiger partial charge in [0.15, 0.2) is 0 Å². The monoisotopic (exact) mass is 361 g/mol. The van der Waals surface area contributed by atoms with Crippen molar-refractivity contribution in [3.8, 4) is 11.5 Å². The Morgan fingerprint density at radius 3 is 2.24 bits per heavy atom. The fraction of sp³-hybridized carbons (Fsp3) is 0.143. The van der Waals surface area contributed by atoms with Gasteiger partial charge in [0.05, 0.1) is 0 Å². The first-order valence-electron chi connectivity index (χ1n) is 5.86. The van der Waals surface area contributed by atoms with Gasteiger partial charge in [-0.15, -0.1) is 13.2 Å². The van der Waals surface area contributed by atoms with Gasteiger partial charge in [-0.05, 0) is 46.3 Å². The van der Waals surface area contributed by atoms with Crippen LogP contribution in [0.2, 0.25) is 0 Å². The van der Waals surface area contributed by atoms with Crippen LogP contribution in [-0.2, 0) is 6.61 Å². The summed E-state index contributed by atoms with van der Waals surface area (Å²) >= 11 is 3.35. The second kappa shape index (κ2) is 6.26. The Morgan fingerprint density at radius 1 is 1.00 bits per heavy atom. The van der Waals surface area contributed by atoms with Crippen molar-refractivity contribution < 1.29 is 22.6 Å². The first-order valence-corrected chi connectivity index (χ1v) is 6.66. The van der Waals surface area contributed by atoms with Crippen LogP contribution in [0.4, 0.5) is 18.9 Å². The van der Waals surface area contributed by atoms with Gasteiger partial charge in [0.1, 0.15) is 18.1 Å². The molecular weight excluding hydrogens is 351 g/mol. The van der Waals surface area contributed by atoms with Crippen LogP contribution in [0, 0.1) is 0 Å². The smallest absolute Gasteiger partial charge is 0.489 e. The molecule has 2 aromatic rings. The summed E-state index contributed by atoms with van der Waals surface area (Å²) in [6.45, 7) is 0.241. The highest BCUT2D eigenvalue weighted by Crippen LogP contribution is 2.27. The molecule has 0 fully saturated rings. The highest BCUT2D eigenvalue weighted by atomic mass is 79.9. The summed E-state index contributed by atoms with van der Waals surface area (Å²) in [4.78, 5) is 0. The molecular formula is C14H11BrF3NO2. The van der Waals surface area contributed by atoms with Crippen molar-refractivity contribution >= 4 is 21.6 Å². The molecule has 0 amide bonds. The Hall–Kier alpha value is -1.89. The SMILES string of the molecule is Nc1cccc(COc2ccc(OC(F)(F)F)cc2)c1Br. The van der Waals surface area contributed by atoms with Crippen LogP contribution in [-0.4, -0.2) is 6.36 Å². The summed E-state index contributed by atoms with van der Waals surface area (Å²) in [5.41, 5.74) is 7.17. The lowest BCUT2D eigenvalue weighted by Crippen LogP contribution is -2.16. The molecule has 0 spiro atoms. The number of benzene rings is 2. The van der Waals surface area contributed by atoms with Crippen molar-refractivity contribution in [1.29, 1.82) is 0 Å². The predicted molar refractivity (Wildman–Crippen MR) is 76.0 cm³/mol. The number of hydrogen-bond donors (Lipinski definition) is 1. The molecule has 2 rings (SSSR count). The maximum absolute atomic E-state index is 12.0. The number of nitrogens with two attached hydrogens (primary N) is 1. The topological polar surface area (TPSA) is 44.5 Å². The fourth-order valence-corrected chi connectivity index (χ4v) is 1.99. The van der Waals surface area contributed by atoms with Gasteiger partial charge in [0.25, 0.3) is 0 Å². The van der Waals surface area contributed by atoms with Crippen molar-refractivity contribution in [1.82, 2.24) is 0 Å². The van der Waals surface area contributed by atoms with Crippen molar-refractivity contribution in [2.75, 3.05) is 5.73 Å². The molecule has 0 saturated heterocycles. The molecule has 0 aliphatic rings. The zero-order chi connectivity index (χ0) is 15.5. The van der Waals surface area contributed by atoms with E-state index >= 15 is 0 Å². The van der Waals surface area contributed by atoms with Gasteiger partial charge < -0.3 is 15.2 Å². The minimum Gasteiger partial charge on any atom is -0.489 e. The van der Waals surface area contributed by atoms with E-state index in [-0.39, 0.29) is 12.4 Å². The van der Waals surface area contributed by atoms with Crippen LogP contribution in [0.5, 0.6) is 11.5 Å². The van der Waals surface area contributed by atoms with Crippen molar-refractivity contribution in [3.63, 3.8) is 0 Å². The number of alkyl halides is 3. The lowest BCUT2D eigenvalue weighted by Gasteiger charge is -2.11. The summed E-state index contributed by atoms with van der Waals surface area (Å²) in [6.07, 6.45) is -4.70. The lowest BCUT2D eigenvalue weighted by molar-refractivity contribution is -0.274. The minimum absolute atomic E-state index is 0.241. The van der Waals surface area contributed by atoms with Crippen LogP contribution >= 0.6 is 15.9 Å². The molecule has 3 nitrogen and oxygen atoms in total. The minimum atomic E-state index is -4.70. The molecule has 0 aliphatic heterocycles. The average molecular weight is 362 g/mol. The van der Waals surface area contributed by atoms with Crippen LogP contribution in [0.15, 0.2) is 46.9 Å². The molecule has 2 aromatic carbocycles. The normalized spacial score (nSPS) is 11.2. The highest BCUT2D eigenvalue weighted by molar-refractivity contribution is 9.10. The molecule has 0 radical (unpaired) electrons. The van der Waals surface area contributed by atoms with E-state index in [1.54, 1.807) is 12.1 Å². The van der Waals surface area contributed by atoms with E-state index in [1.165, 1.54) is 24.3 Å². The molecule has 0 aromatic heterocycles. The van der Waals surface area contributed by atoms with Crippen LogP contribution in [0.3, 0.4) is 0 Å². The van der Waals surface area contributed by atoms with Gasteiger partial charge in [0.2, 0.25) is 0 Å². The van der Waals surface area contributed by atoms with E-state index in [9.17, 15) is 13.2 Å². The Morgan fingerprint density at radius 2 is 1.62 bits per heavy atom. The fourth-order valence-electron chi connectivity index (χ4n) is 1.61. The molecule has 0 saturated carbocycles. The van der Waals surface area contributed by atoms with E-state index in [4.69, 9.17) is 10.5 Å². The third-order valence-corrected chi connectivity index (χ3v) is 3.53. The van der Waals surface area contributed by atoms with Gasteiger partial charge >= 0.3 is 6.36 Å². The first-order chi connectivity index (χ1) is 9.85. The quantitative estimate of drug-likeness (QED) is 0.814. The maximum atomic E-state index is 12.0. The molecule has 2 N–H and O–H groups in total. The summed E-state index contributed by atoms with van der Waals surface area (Å²) in [5, 5.41) is 0. The largest absolute Gasteiger partial charge is 0.573 e. The Labute approximate surface area is 127 Å². The standard InChI is InChI=1S/C14H11BrF3NO2/c15-13-9(2-1-3-12(13)19)8-20-10-4-6-11(7-5-10)21-14(16,17)18/h1-7H,8,19H2. The number of halogens is 4. The van der Waals surface area contributed by atoms with E-state index in [2.05, 4.69) is 20.7 Å². The zero-order valence-electron chi connectivity index (χ0n) is 10.7. The molecule has 0 unspecified atom stereocenters. The molecule has 0 atom stereocenters. The Bertz CT molecular complexity index is 615. The van der Waals surface area contributed by atoms with Crippen LogP contribution < -0.4 is 15.2 Å². The molecule has 21 heavy (non-hydrogen) atoms. The second-order valence-electron chi connectivity index (χ2n) is 4.13. The van der Waals surface area contributed by atoms with Crippen molar-refractivity contribution in [3.05, 3.63) is 52.5 Å². The van der Waals surface area contributed by atoms with E-state index in [1.807, 2.05) is 6.07 Å². The number of anilines is 1. The first kappa shape index (κ1) is 15.5. The summed E-state index contributed by atoms with van der Waals surface area (Å²) in [7, 11) is 0. The third kappa shape index (κ3) is 4.56. The van der Waals surface area contributed by atoms with Crippen molar-refractivity contribution in [2.24, 2.45) is 0 Å². The number of rotatable bonds is 4.